The van der Waals surface area contributed by atoms with Crippen molar-refractivity contribution >= 4 is 11.6 Å². The SMILES string of the molecule is CNCC#Cc1c[nH]c(=O)c(Cl)c1. The molecule has 0 atom stereocenters. The first-order chi connectivity index (χ1) is 6.24. The Morgan fingerprint density at radius 1 is 1.69 bits per heavy atom. The number of hydrogen-bond acceptors (Lipinski definition) is 2. The van der Waals surface area contributed by atoms with Crippen LogP contribution in [-0.4, -0.2) is 18.6 Å². The van der Waals surface area contributed by atoms with Crippen molar-refractivity contribution in [2.45, 2.75) is 0 Å². The zero-order valence-electron chi connectivity index (χ0n) is 7.15. The van der Waals surface area contributed by atoms with Crippen LogP contribution < -0.4 is 10.9 Å². The van der Waals surface area contributed by atoms with Crippen LogP contribution in [0.1, 0.15) is 5.56 Å². The van der Waals surface area contributed by atoms with E-state index in [2.05, 4.69) is 22.1 Å². The summed E-state index contributed by atoms with van der Waals surface area (Å²) in [5.74, 6) is 5.70. The van der Waals surface area contributed by atoms with E-state index in [0.29, 0.717) is 12.1 Å². The maximum atomic E-state index is 10.9. The lowest BCUT2D eigenvalue weighted by Crippen LogP contribution is -2.06. The van der Waals surface area contributed by atoms with Crippen LogP contribution in [-0.2, 0) is 0 Å². The summed E-state index contributed by atoms with van der Waals surface area (Å²) >= 11 is 5.60. The molecule has 0 saturated carbocycles. The van der Waals surface area contributed by atoms with E-state index in [4.69, 9.17) is 11.6 Å². The molecule has 4 heteroatoms. The average molecular weight is 197 g/mol. The zero-order chi connectivity index (χ0) is 9.68. The van der Waals surface area contributed by atoms with E-state index < -0.39 is 0 Å². The third-order valence-electron chi connectivity index (χ3n) is 1.36. The molecule has 0 bridgehead atoms. The second-order valence-electron chi connectivity index (χ2n) is 2.40. The Kier molecular flexibility index (Phi) is 3.56. The minimum atomic E-state index is -0.291. The molecule has 1 aromatic heterocycles. The molecule has 0 radical (unpaired) electrons. The summed E-state index contributed by atoms with van der Waals surface area (Å²) in [6.07, 6.45) is 1.54. The summed E-state index contributed by atoms with van der Waals surface area (Å²) in [7, 11) is 1.81. The van der Waals surface area contributed by atoms with Crippen molar-refractivity contribution in [2.75, 3.05) is 13.6 Å². The highest BCUT2D eigenvalue weighted by Gasteiger charge is 1.94. The largest absolute Gasteiger partial charge is 0.327 e. The van der Waals surface area contributed by atoms with Gasteiger partial charge in [-0.3, -0.25) is 4.79 Å². The number of rotatable bonds is 1. The van der Waals surface area contributed by atoms with E-state index >= 15 is 0 Å². The van der Waals surface area contributed by atoms with Gasteiger partial charge in [-0.1, -0.05) is 23.4 Å². The Labute approximate surface area is 81.1 Å². The molecule has 0 unspecified atom stereocenters. The maximum absolute atomic E-state index is 10.9. The number of halogens is 1. The minimum Gasteiger partial charge on any atom is -0.327 e. The Morgan fingerprint density at radius 2 is 2.46 bits per heavy atom. The first-order valence-corrected chi connectivity index (χ1v) is 4.13. The Balaban J connectivity index is 2.87. The van der Waals surface area contributed by atoms with Crippen LogP contribution in [0.4, 0.5) is 0 Å². The molecule has 0 aromatic carbocycles. The van der Waals surface area contributed by atoms with Gasteiger partial charge in [0.05, 0.1) is 6.54 Å². The summed E-state index contributed by atoms with van der Waals surface area (Å²) in [6, 6.07) is 1.54. The molecule has 1 aromatic rings. The van der Waals surface area contributed by atoms with E-state index in [1.54, 1.807) is 6.07 Å². The fourth-order valence-electron chi connectivity index (χ4n) is 0.763. The van der Waals surface area contributed by atoms with E-state index in [0.717, 1.165) is 0 Å². The quantitative estimate of drug-likeness (QED) is 0.647. The lowest BCUT2D eigenvalue weighted by Gasteiger charge is -1.90. The molecule has 0 aliphatic rings. The van der Waals surface area contributed by atoms with Crippen LogP contribution in [0.15, 0.2) is 17.1 Å². The molecule has 3 nitrogen and oxygen atoms in total. The first kappa shape index (κ1) is 9.85. The van der Waals surface area contributed by atoms with E-state index in [1.807, 2.05) is 7.05 Å². The van der Waals surface area contributed by atoms with Crippen molar-refractivity contribution in [1.29, 1.82) is 0 Å². The standard InChI is InChI=1S/C9H9ClN2O/c1-11-4-2-3-7-5-8(10)9(13)12-6-7/h5-6,11H,4H2,1H3,(H,12,13). The summed E-state index contributed by atoms with van der Waals surface area (Å²) in [6.45, 7) is 0.608. The third kappa shape index (κ3) is 2.94. The fraction of sp³-hybridized carbons (Fsp3) is 0.222. The molecule has 68 valence electrons. The predicted molar refractivity (Wildman–Crippen MR) is 52.9 cm³/mol. The smallest absolute Gasteiger partial charge is 0.266 e. The molecule has 2 N–H and O–H groups in total. The van der Waals surface area contributed by atoms with Crippen molar-refractivity contribution in [3.63, 3.8) is 0 Å². The van der Waals surface area contributed by atoms with Crippen LogP contribution in [0.25, 0.3) is 0 Å². The number of H-pyrrole nitrogens is 1. The summed E-state index contributed by atoms with van der Waals surface area (Å²) in [4.78, 5) is 13.3. The van der Waals surface area contributed by atoms with E-state index in [9.17, 15) is 4.79 Å². The van der Waals surface area contributed by atoms with Gasteiger partial charge in [0.25, 0.3) is 5.56 Å². The van der Waals surface area contributed by atoms with Crippen molar-refractivity contribution in [3.8, 4) is 11.8 Å². The van der Waals surface area contributed by atoms with E-state index in [1.165, 1.54) is 6.20 Å². The van der Waals surface area contributed by atoms with Crippen LogP contribution in [0, 0.1) is 11.8 Å². The van der Waals surface area contributed by atoms with Gasteiger partial charge in [0.1, 0.15) is 5.02 Å². The molecule has 13 heavy (non-hydrogen) atoms. The minimum absolute atomic E-state index is 0.163. The van der Waals surface area contributed by atoms with Gasteiger partial charge in [-0.15, -0.1) is 0 Å². The zero-order valence-corrected chi connectivity index (χ0v) is 7.90. The molecule has 1 rings (SSSR count). The second kappa shape index (κ2) is 4.70. The van der Waals surface area contributed by atoms with Gasteiger partial charge >= 0.3 is 0 Å². The van der Waals surface area contributed by atoms with Gasteiger partial charge in [-0.25, -0.2) is 0 Å². The van der Waals surface area contributed by atoms with Crippen molar-refractivity contribution in [1.82, 2.24) is 10.3 Å². The highest BCUT2D eigenvalue weighted by atomic mass is 35.5. The number of pyridine rings is 1. The summed E-state index contributed by atoms with van der Waals surface area (Å²) in [5.41, 5.74) is 0.417. The van der Waals surface area contributed by atoms with Gasteiger partial charge in [-0.2, -0.15) is 0 Å². The van der Waals surface area contributed by atoms with Gasteiger partial charge in [0.15, 0.2) is 0 Å². The Bertz CT molecular complexity index is 400. The third-order valence-corrected chi connectivity index (χ3v) is 1.64. The van der Waals surface area contributed by atoms with Gasteiger partial charge in [-0.05, 0) is 13.1 Å². The fourth-order valence-corrected chi connectivity index (χ4v) is 0.935. The Morgan fingerprint density at radius 3 is 3.08 bits per heavy atom. The molecule has 1 heterocycles. The molecule has 0 aliphatic carbocycles. The van der Waals surface area contributed by atoms with Crippen LogP contribution in [0.3, 0.4) is 0 Å². The maximum Gasteiger partial charge on any atom is 0.266 e. The van der Waals surface area contributed by atoms with Crippen molar-refractivity contribution < 1.29 is 0 Å². The predicted octanol–water partition coefficient (Wildman–Crippen LogP) is 0.599. The summed E-state index contributed by atoms with van der Waals surface area (Å²) < 4.78 is 0. The molecular formula is C9H9ClN2O. The van der Waals surface area contributed by atoms with Crippen molar-refractivity contribution in [3.05, 3.63) is 33.2 Å². The highest BCUT2D eigenvalue weighted by molar-refractivity contribution is 6.30. The van der Waals surface area contributed by atoms with Gasteiger partial charge in [0.2, 0.25) is 0 Å². The first-order valence-electron chi connectivity index (χ1n) is 3.75. The second-order valence-corrected chi connectivity index (χ2v) is 2.80. The molecule has 0 amide bonds. The normalized spacial score (nSPS) is 9.08. The molecule has 0 saturated heterocycles. The van der Waals surface area contributed by atoms with Crippen LogP contribution in [0.2, 0.25) is 5.02 Å². The van der Waals surface area contributed by atoms with Crippen molar-refractivity contribution in [2.24, 2.45) is 0 Å². The molecular weight excluding hydrogens is 188 g/mol. The number of hydrogen-bond donors (Lipinski definition) is 2. The molecule has 0 fully saturated rings. The van der Waals surface area contributed by atoms with Crippen LogP contribution >= 0.6 is 11.6 Å². The van der Waals surface area contributed by atoms with Gasteiger partial charge < -0.3 is 10.3 Å². The molecule has 0 spiro atoms. The average Bonchev–Trinajstić information content (AvgIpc) is 2.12. The monoisotopic (exact) mass is 196 g/mol. The van der Waals surface area contributed by atoms with Crippen LogP contribution in [0.5, 0.6) is 0 Å². The molecule has 0 aliphatic heterocycles. The highest BCUT2D eigenvalue weighted by Crippen LogP contribution is 2.01. The van der Waals surface area contributed by atoms with E-state index in [-0.39, 0.29) is 10.6 Å². The number of aromatic nitrogens is 1. The lowest BCUT2D eigenvalue weighted by atomic mass is 10.3. The lowest BCUT2D eigenvalue weighted by molar-refractivity contribution is 0.938. The number of nitrogens with one attached hydrogen (secondary N) is 2. The number of aromatic amines is 1. The summed E-state index contributed by atoms with van der Waals surface area (Å²) in [5, 5.41) is 3.05. The van der Waals surface area contributed by atoms with Gasteiger partial charge in [0, 0.05) is 11.8 Å². The Hall–Kier alpha value is -1.24. The topological polar surface area (TPSA) is 44.9 Å².